The third-order valence-corrected chi connectivity index (χ3v) is 3.15. The molecule has 0 saturated carbocycles. The Bertz CT molecular complexity index is 540. The quantitative estimate of drug-likeness (QED) is 0.811. The van der Waals surface area contributed by atoms with E-state index in [1.807, 2.05) is 6.07 Å². The molecule has 2 rings (SSSR count). The average Bonchev–Trinajstić information content (AvgIpc) is 2.48. The predicted octanol–water partition coefficient (Wildman–Crippen LogP) is 3.26. The van der Waals surface area contributed by atoms with Gasteiger partial charge in [-0.3, -0.25) is 0 Å². The van der Waals surface area contributed by atoms with Crippen molar-refractivity contribution in [1.82, 2.24) is 9.97 Å². The maximum absolute atomic E-state index is 4.43. The largest absolute Gasteiger partial charge is 0.370 e. The Morgan fingerprint density at radius 1 is 1.05 bits per heavy atom. The fraction of sp³-hybridized carbons (Fsp3) is 0.375. The van der Waals surface area contributed by atoms with E-state index in [1.165, 1.54) is 11.1 Å². The van der Waals surface area contributed by atoms with Gasteiger partial charge in [0.15, 0.2) is 0 Å². The molecular formula is C16H22N4. The van der Waals surface area contributed by atoms with E-state index in [4.69, 9.17) is 0 Å². The van der Waals surface area contributed by atoms with Gasteiger partial charge in [0.2, 0.25) is 5.95 Å². The molecule has 0 amide bonds. The van der Waals surface area contributed by atoms with E-state index in [-0.39, 0.29) is 0 Å². The molecule has 0 aliphatic rings. The van der Waals surface area contributed by atoms with E-state index >= 15 is 0 Å². The monoisotopic (exact) mass is 270 g/mol. The molecule has 0 radical (unpaired) electrons. The van der Waals surface area contributed by atoms with Crippen LogP contribution in [-0.4, -0.2) is 23.1 Å². The number of nitrogens with zero attached hydrogens (tertiary/aromatic N) is 2. The normalized spacial score (nSPS) is 10.3. The molecule has 4 heteroatoms. The summed E-state index contributed by atoms with van der Waals surface area (Å²) in [5, 5.41) is 6.54. The van der Waals surface area contributed by atoms with Crippen LogP contribution in [0, 0.1) is 6.92 Å². The van der Waals surface area contributed by atoms with Gasteiger partial charge >= 0.3 is 0 Å². The van der Waals surface area contributed by atoms with E-state index in [9.17, 15) is 0 Å². The second kappa shape index (κ2) is 7.48. The minimum Gasteiger partial charge on any atom is -0.370 e. The first-order valence-corrected chi connectivity index (χ1v) is 7.15. The summed E-state index contributed by atoms with van der Waals surface area (Å²) in [6.45, 7) is 6.03. The lowest BCUT2D eigenvalue weighted by molar-refractivity contribution is 0.945. The summed E-state index contributed by atoms with van der Waals surface area (Å²) in [5.41, 5.74) is 2.71. The Hall–Kier alpha value is -2.10. The number of anilines is 2. The summed E-state index contributed by atoms with van der Waals surface area (Å²) in [7, 11) is 0. The Morgan fingerprint density at radius 2 is 1.90 bits per heavy atom. The molecule has 0 atom stereocenters. The van der Waals surface area contributed by atoms with E-state index in [0.29, 0.717) is 5.95 Å². The van der Waals surface area contributed by atoms with Gasteiger partial charge in [0.05, 0.1) is 0 Å². The molecule has 0 saturated heterocycles. The van der Waals surface area contributed by atoms with Gasteiger partial charge in [-0.05, 0) is 37.0 Å². The van der Waals surface area contributed by atoms with Gasteiger partial charge in [-0.15, -0.1) is 0 Å². The molecule has 0 spiro atoms. The lowest BCUT2D eigenvalue weighted by atomic mass is 10.1. The van der Waals surface area contributed by atoms with Gasteiger partial charge in [-0.1, -0.05) is 31.2 Å². The maximum atomic E-state index is 4.43. The molecule has 2 aromatic rings. The van der Waals surface area contributed by atoms with Gasteiger partial charge in [-0.2, -0.15) is 4.98 Å². The van der Waals surface area contributed by atoms with Crippen LogP contribution in [0.25, 0.3) is 0 Å². The number of rotatable bonds is 7. The minimum absolute atomic E-state index is 0.688. The van der Waals surface area contributed by atoms with Crippen LogP contribution in [0.15, 0.2) is 36.5 Å². The summed E-state index contributed by atoms with van der Waals surface area (Å²) >= 11 is 0. The van der Waals surface area contributed by atoms with Gasteiger partial charge in [0.1, 0.15) is 5.82 Å². The lowest BCUT2D eigenvalue weighted by Gasteiger charge is -2.09. The van der Waals surface area contributed by atoms with Crippen molar-refractivity contribution in [2.45, 2.75) is 26.7 Å². The molecule has 0 aliphatic carbocycles. The summed E-state index contributed by atoms with van der Waals surface area (Å²) in [4.78, 5) is 8.63. The summed E-state index contributed by atoms with van der Waals surface area (Å²) in [5.74, 6) is 1.56. The molecule has 1 heterocycles. The van der Waals surface area contributed by atoms with Crippen molar-refractivity contribution in [3.63, 3.8) is 0 Å². The highest BCUT2D eigenvalue weighted by Crippen LogP contribution is 2.09. The first-order chi connectivity index (χ1) is 9.79. The van der Waals surface area contributed by atoms with E-state index in [1.54, 1.807) is 6.20 Å². The van der Waals surface area contributed by atoms with E-state index in [2.05, 4.69) is 58.7 Å². The minimum atomic E-state index is 0.688. The Morgan fingerprint density at radius 3 is 2.70 bits per heavy atom. The number of aryl methyl sites for hydroxylation is 1. The smallest absolute Gasteiger partial charge is 0.224 e. The molecule has 1 aromatic heterocycles. The molecular weight excluding hydrogens is 248 g/mol. The zero-order valence-corrected chi connectivity index (χ0v) is 12.2. The highest BCUT2D eigenvalue weighted by molar-refractivity contribution is 5.39. The molecule has 0 bridgehead atoms. The predicted molar refractivity (Wildman–Crippen MR) is 84.2 cm³/mol. The number of benzene rings is 1. The van der Waals surface area contributed by atoms with Crippen molar-refractivity contribution in [3.8, 4) is 0 Å². The van der Waals surface area contributed by atoms with Crippen LogP contribution in [0.2, 0.25) is 0 Å². The van der Waals surface area contributed by atoms with Crippen molar-refractivity contribution in [2.24, 2.45) is 0 Å². The Balaban J connectivity index is 1.86. The SMILES string of the molecule is CCCNc1nccc(NCCc2ccccc2C)n1. The fourth-order valence-electron chi connectivity index (χ4n) is 1.99. The Kier molecular flexibility index (Phi) is 5.35. The molecule has 106 valence electrons. The van der Waals surface area contributed by atoms with Crippen LogP contribution in [0.5, 0.6) is 0 Å². The zero-order chi connectivity index (χ0) is 14.2. The lowest BCUT2D eigenvalue weighted by Crippen LogP contribution is -2.09. The van der Waals surface area contributed by atoms with Crippen molar-refractivity contribution >= 4 is 11.8 Å². The van der Waals surface area contributed by atoms with Gasteiger partial charge in [-0.25, -0.2) is 4.98 Å². The molecule has 0 fully saturated rings. The van der Waals surface area contributed by atoms with Gasteiger partial charge in [0.25, 0.3) is 0 Å². The molecule has 0 aliphatic heterocycles. The number of hydrogen-bond donors (Lipinski definition) is 2. The highest BCUT2D eigenvalue weighted by Gasteiger charge is 2.00. The molecule has 0 unspecified atom stereocenters. The van der Waals surface area contributed by atoms with Crippen LogP contribution in [0.1, 0.15) is 24.5 Å². The van der Waals surface area contributed by atoms with Gasteiger partial charge in [0, 0.05) is 19.3 Å². The molecule has 4 nitrogen and oxygen atoms in total. The van der Waals surface area contributed by atoms with Crippen molar-refractivity contribution in [1.29, 1.82) is 0 Å². The van der Waals surface area contributed by atoms with Crippen molar-refractivity contribution in [2.75, 3.05) is 23.7 Å². The van der Waals surface area contributed by atoms with Crippen LogP contribution < -0.4 is 10.6 Å². The number of hydrogen-bond acceptors (Lipinski definition) is 4. The topological polar surface area (TPSA) is 49.8 Å². The molecule has 1 aromatic carbocycles. The first kappa shape index (κ1) is 14.3. The third-order valence-electron chi connectivity index (χ3n) is 3.15. The van der Waals surface area contributed by atoms with Crippen LogP contribution in [-0.2, 0) is 6.42 Å². The first-order valence-electron chi connectivity index (χ1n) is 7.15. The summed E-state index contributed by atoms with van der Waals surface area (Å²) in [6, 6.07) is 10.4. The van der Waals surface area contributed by atoms with Gasteiger partial charge < -0.3 is 10.6 Å². The van der Waals surface area contributed by atoms with Crippen LogP contribution in [0.4, 0.5) is 11.8 Å². The molecule has 2 N–H and O–H groups in total. The number of nitrogens with one attached hydrogen (secondary N) is 2. The average molecular weight is 270 g/mol. The molecule has 20 heavy (non-hydrogen) atoms. The van der Waals surface area contributed by atoms with E-state index < -0.39 is 0 Å². The fourth-order valence-corrected chi connectivity index (χ4v) is 1.99. The second-order valence-electron chi connectivity index (χ2n) is 4.80. The standard InChI is InChI=1S/C16H22N4/c1-3-10-18-16-19-12-9-15(20-16)17-11-8-14-7-5-4-6-13(14)2/h4-7,9,12H,3,8,10-11H2,1-2H3,(H2,17,18,19,20). The third kappa shape index (κ3) is 4.23. The number of aromatic nitrogens is 2. The van der Waals surface area contributed by atoms with E-state index in [0.717, 1.165) is 31.7 Å². The maximum Gasteiger partial charge on any atom is 0.224 e. The van der Waals surface area contributed by atoms with Crippen LogP contribution >= 0.6 is 0 Å². The summed E-state index contributed by atoms with van der Waals surface area (Å²) < 4.78 is 0. The Labute approximate surface area is 120 Å². The van der Waals surface area contributed by atoms with Crippen molar-refractivity contribution < 1.29 is 0 Å². The van der Waals surface area contributed by atoms with Crippen LogP contribution in [0.3, 0.4) is 0 Å². The highest BCUT2D eigenvalue weighted by atomic mass is 15.1. The van der Waals surface area contributed by atoms with Crippen molar-refractivity contribution in [3.05, 3.63) is 47.7 Å². The summed E-state index contributed by atoms with van der Waals surface area (Å²) in [6.07, 6.45) is 3.84. The second-order valence-corrected chi connectivity index (χ2v) is 4.80. The zero-order valence-electron chi connectivity index (χ0n) is 12.2.